The van der Waals surface area contributed by atoms with Gasteiger partial charge in [-0.1, -0.05) is 19.8 Å². The fraction of sp³-hybridized carbons (Fsp3) is 0.917. The van der Waals surface area contributed by atoms with Crippen LogP contribution in [0.5, 0.6) is 0 Å². The van der Waals surface area contributed by atoms with Gasteiger partial charge in [0.25, 0.3) is 0 Å². The lowest BCUT2D eigenvalue weighted by molar-refractivity contribution is 0.607. The third-order valence-electron chi connectivity index (χ3n) is 2.99. The maximum atomic E-state index is 8.85. The van der Waals surface area contributed by atoms with Gasteiger partial charge in [0.15, 0.2) is 0 Å². The van der Waals surface area contributed by atoms with Gasteiger partial charge in [-0.25, -0.2) is 0 Å². The van der Waals surface area contributed by atoms with Crippen molar-refractivity contribution in [2.75, 3.05) is 18.1 Å². The van der Waals surface area contributed by atoms with Crippen molar-refractivity contribution in [1.82, 2.24) is 5.32 Å². The molecule has 0 bridgehead atoms. The molecule has 1 atom stereocenters. The lowest BCUT2D eigenvalue weighted by atomic mass is 10.1. The second-order valence-corrected chi connectivity index (χ2v) is 5.40. The van der Waals surface area contributed by atoms with Gasteiger partial charge in [0.1, 0.15) is 0 Å². The van der Waals surface area contributed by atoms with Crippen molar-refractivity contribution >= 4 is 11.8 Å². The number of nitrogens with one attached hydrogen (secondary N) is 1. The lowest BCUT2D eigenvalue weighted by Crippen LogP contribution is -2.27. The van der Waals surface area contributed by atoms with Crippen molar-refractivity contribution in [2.45, 2.75) is 45.1 Å². The minimum Gasteiger partial charge on any atom is -0.302 e. The molecular formula is C12H22N2S. The predicted octanol–water partition coefficient (Wildman–Crippen LogP) is 2.80. The molecule has 0 aromatic rings. The third kappa shape index (κ3) is 5.44. The highest BCUT2D eigenvalue weighted by atomic mass is 32.2. The summed E-state index contributed by atoms with van der Waals surface area (Å²) in [5, 5.41) is 12.0. The van der Waals surface area contributed by atoms with E-state index in [1.807, 2.05) is 11.8 Å². The molecule has 0 radical (unpaired) electrons. The maximum absolute atomic E-state index is 8.85. The summed E-state index contributed by atoms with van der Waals surface area (Å²) in [5.41, 5.74) is 0. The van der Waals surface area contributed by atoms with Gasteiger partial charge in [-0.05, 0) is 43.2 Å². The molecule has 86 valence electrons. The minimum absolute atomic E-state index is 0.0612. The Morgan fingerprint density at radius 1 is 1.47 bits per heavy atom. The van der Waals surface area contributed by atoms with Gasteiger partial charge in [0, 0.05) is 0 Å². The summed E-state index contributed by atoms with van der Waals surface area (Å²) >= 11 is 2.03. The van der Waals surface area contributed by atoms with Crippen molar-refractivity contribution in [2.24, 2.45) is 5.92 Å². The molecule has 0 spiro atoms. The molecule has 0 aromatic carbocycles. The van der Waals surface area contributed by atoms with Gasteiger partial charge in [0.05, 0.1) is 12.1 Å². The van der Waals surface area contributed by atoms with Crippen molar-refractivity contribution in [3.8, 4) is 6.07 Å². The minimum atomic E-state index is 0.0612. The van der Waals surface area contributed by atoms with E-state index in [4.69, 9.17) is 5.26 Å². The first-order chi connectivity index (χ1) is 7.36. The van der Waals surface area contributed by atoms with E-state index in [2.05, 4.69) is 18.3 Å². The van der Waals surface area contributed by atoms with E-state index in [1.165, 1.54) is 31.4 Å². The molecule has 1 saturated carbocycles. The van der Waals surface area contributed by atoms with Crippen molar-refractivity contribution < 1.29 is 0 Å². The van der Waals surface area contributed by atoms with Crippen molar-refractivity contribution in [1.29, 1.82) is 5.26 Å². The van der Waals surface area contributed by atoms with E-state index in [-0.39, 0.29) is 6.04 Å². The fourth-order valence-corrected chi connectivity index (χ4v) is 3.32. The van der Waals surface area contributed by atoms with E-state index in [0.717, 1.165) is 24.6 Å². The summed E-state index contributed by atoms with van der Waals surface area (Å²) in [5.74, 6) is 3.40. The first-order valence-corrected chi connectivity index (χ1v) is 7.23. The van der Waals surface area contributed by atoms with Crippen LogP contribution in [0.2, 0.25) is 0 Å². The van der Waals surface area contributed by atoms with Gasteiger partial charge in [-0.2, -0.15) is 17.0 Å². The molecule has 0 aliphatic heterocycles. The van der Waals surface area contributed by atoms with Crippen LogP contribution in [0.4, 0.5) is 0 Å². The molecule has 1 unspecified atom stereocenters. The third-order valence-corrected chi connectivity index (χ3v) is 4.22. The van der Waals surface area contributed by atoms with Crippen LogP contribution < -0.4 is 5.32 Å². The Bertz CT molecular complexity index is 194. The smallest absolute Gasteiger partial charge is 0.0960 e. The van der Waals surface area contributed by atoms with E-state index in [0.29, 0.717) is 0 Å². The lowest BCUT2D eigenvalue weighted by Gasteiger charge is -2.11. The zero-order valence-electron chi connectivity index (χ0n) is 9.67. The molecule has 0 heterocycles. The topological polar surface area (TPSA) is 35.8 Å². The number of hydrogen-bond donors (Lipinski definition) is 1. The van der Waals surface area contributed by atoms with Crippen molar-refractivity contribution in [3.63, 3.8) is 0 Å². The van der Waals surface area contributed by atoms with Crippen LogP contribution in [0.1, 0.15) is 39.0 Å². The van der Waals surface area contributed by atoms with Gasteiger partial charge < -0.3 is 5.32 Å². The molecular weight excluding hydrogens is 204 g/mol. The SMILES string of the molecule is CCNC(C#N)CCSCC1CCCC1. The number of nitriles is 1. The van der Waals surface area contributed by atoms with Crippen LogP contribution in [0.25, 0.3) is 0 Å². The Morgan fingerprint density at radius 3 is 2.80 bits per heavy atom. The summed E-state index contributed by atoms with van der Waals surface area (Å²) in [6, 6.07) is 2.37. The van der Waals surface area contributed by atoms with E-state index in [1.54, 1.807) is 0 Å². The summed E-state index contributed by atoms with van der Waals surface area (Å²) in [4.78, 5) is 0. The highest BCUT2D eigenvalue weighted by molar-refractivity contribution is 7.99. The van der Waals surface area contributed by atoms with Gasteiger partial charge >= 0.3 is 0 Å². The molecule has 2 nitrogen and oxygen atoms in total. The Kier molecular flexibility index (Phi) is 6.87. The normalized spacial score (nSPS) is 18.9. The van der Waals surface area contributed by atoms with Crippen LogP contribution in [0.15, 0.2) is 0 Å². The first kappa shape index (κ1) is 12.9. The van der Waals surface area contributed by atoms with Crippen LogP contribution >= 0.6 is 11.8 Å². The number of hydrogen-bond acceptors (Lipinski definition) is 3. The van der Waals surface area contributed by atoms with E-state index < -0.39 is 0 Å². The zero-order chi connectivity index (χ0) is 10.9. The van der Waals surface area contributed by atoms with Crippen LogP contribution in [0, 0.1) is 17.2 Å². The molecule has 1 aliphatic rings. The Morgan fingerprint density at radius 2 is 2.20 bits per heavy atom. The molecule has 0 aromatic heterocycles. The maximum Gasteiger partial charge on any atom is 0.0960 e. The molecule has 3 heteroatoms. The van der Waals surface area contributed by atoms with Crippen LogP contribution in [-0.4, -0.2) is 24.1 Å². The van der Waals surface area contributed by atoms with Gasteiger partial charge in [0.2, 0.25) is 0 Å². The summed E-state index contributed by atoms with van der Waals surface area (Å²) < 4.78 is 0. The molecule has 0 saturated heterocycles. The summed E-state index contributed by atoms with van der Waals surface area (Å²) in [7, 11) is 0. The Balaban J connectivity index is 1.97. The molecule has 1 rings (SSSR count). The van der Waals surface area contributed by atoms with Crippen molar-refractivity contribution in [3.05, 3.63) is 0 Å². The quantitative estimate of drug-likeness (QED) is 0.678. The summed E-state index contributed by atoms with van der Waals surface area (Å²) in [6.07, 6.45) is 6.72. The number of nitrogens with zero attached hydrogens (tertiary/aromatic N) is 1. The van der Waals surface area contributed by atoms with Crippen LogP contribution in [-0.2, 0) is 0 Å². The number of thioether (sulfide) groups is 1. The van der Waals surface area contributed by atoms with Gasteiger partial charge in [-0.3, -0.25) is 0 Å². The highest BCUT2D eigenvalue weighted by Gasteiger charge is 2.14. The Hall–Kier alpha value is -0.200. The standard InChI is InChI=1S/C12H22N2S/c1-2-14-12(9-13)7-8-15-10-11-5-3-4-6-11/h11-12,14H,2-8,10H2,1H3. The van der Waals surface area contributed by atoms with E-state index in [9.17, 15) is 0 Å². The van der Waals surface area contributed by atoms with E-state index >= 15 is 0 Å². The van der Waals surface area contributed by atoms with Crippen LogP contribution in [0.3, 0.4) is 0 Å². The molecule has 1 aliphatic carbocycles. The predicted molar refractivity (Wildman–Crippen MR) is 67.0 cm³/mol. The zero-order valence-corrected chi connectivity index (χ0v) is 10.5. The van der Waals surface area contributed by atoms with Gasteiger partial charge in [-0.15, -0.1) is 0 Å². The average Bonchev–Trinajstić information content (AvgIpc) is 2.75. The second-order valence-electron chi connectivity index (χ2n) is 4.25. The largest absolute Gasteiger partial charge is 0.302 e. The molecule has 0 amide bonds. The first-order valence-electron chi connectivity index (χ1n) is 6.07. The highest BCUT2D eigenvalue weighted by Crippen LogP contribution is 2.27. The molecule has 1 fully saturated rings. The number of rotatable bonds is 7. The average molecular weight is 226 g/mol. The monoisotopic (exact) mass is 226 g/mol. The Labute approximate surface area is 97.8 Å². The molecule has 1 N–H and O–H groups in total. The summed E-state index contributed by atoms with van der Waals surface area (Å²) in [6.45, 7) is 2.95. The molecule has 15 heavy (non-hydrogen) atoms. The second kappa shape index (κ2) is 8.01. The fourth-order valence-electron chi connectivity index (χ4n) is 2.09.